The predicted octanol–water partition coefficient (Wildman–Crippen LogP) is 4.40. The van der Waals surface area contributed by atoms with Crippen LogP contribution < -0.4 is 10.2 Å². The van der Waals surface area contributed by atoms with Crippen LogP contribution in [0.3, 0.4) is 0 Å². The van der Waals surface area contributed by atoms with E-state index in [4.69, 9.17) is 11.6 Å². The minimum atomic E-state index is -4.21. The lowest BCUT2D eigenvalue weighted by molar-refractivity contribution is 0.420. The van der Waals surface area contributed by atoms with Crippen molar-refractivity contribution < 1.29 is 12.9 Å². The number of nitrogens with one attached hydrogen (secondary N) is 2. The second kappa shape index (κ2) is 8.40. The van der Waals surface area contributed by atoms with Gasteiger partial charge in [0.05, 0.1) is 17.3 Å². The number of H-pyrrole nitrogens is 1. The van der Waals surface area contributed by atoms with Crippen LogP contribution in [0, 0.1) is 6.92 Å². The van der Waals surface area contributed by atoms with Gasteiger partial charge in [-0.1, -0.05) is 47.1 Å². The summed E-state index contributed by atoms with van der Waals surface area (Å²) in [6, 6.07) is 14.6. The zero-order valence-electron chi connectivity index (χ0n) is 17.6. The molecule has 0 fully saturated rings. The van der Waals surface area contributed by atoms with Crippen LogP contribution in [0.5, 0.6) is 0 Å². The predicted molar refractivity (Wildman–Crippen MR) is 128 cm³/mol. The maximum atomic E-state index is 13.3. The van der Waals surface area contributed by atoms with E-state index in [1.54, 1.807) is 19.1 Å². The van der Waals surface area contributed by atoms with E-state index in [-0.39, 0.29) is 21.9 Å². The normalized spacial score (nSPS) is 11.6. The van der Waals surface area contributed by atoms with Gasteiger partial charge in [-0.15, -0.1) is 0 Å². The fourth-order valence-corrected chi connectivity index (χ4v) is 4.95. The van der Waals surface area contributed by atoms with Crippen molar-refractivity contribution in [3.05, 3.63) is 88.3 Å². The number of fused-ring (bicyclic) bond motifs is 1. The second-order valence-electron chi connectivity index (χ2n) is 7.47. The number of aryl methyl sites for hydroxylation is 1. The molecule has 5 aromatic rings. The van der Waals surface area contributed by atoms with Crippen molar-refractivity contribution in [2.75, 3.05) is 4.72 Å². The molecule has 34 heavy (non-hydrogen) atoms. The Labute approximate surface area is 198 Å². The summed E-state index contributed by atoms with van der Waals surface area (Å²) in [6.45, 7) is 1.81. The highest BCUT2D eigenvalue weighted by molar-refractivity contribution is 7.92. The maximum absolute atomic E-state index is 13.3. The van der Waals surface area contributed by atoms with E-state index in [9.17, 15) is 13.2 Å². The van der Waals surface area contributed by atoms with E-state index < -0.39 is 20.3 Å². The first-order chi connectivity index (χ1) is 16.3. The summed E-state index contributed by atoms with van der Waals surface area (Å²) in [5, 5.41) is 3.85. The Bertz CT molecular complexity index is 1660. The highest BCUT2D eigenvalue weighted by Crippen LogP contribution is 2.33. The van der Waals surface area contributed by atoms with Crippen LogP contribution in [-0.4, -0.2) is 28.5 Å². The third-order valence-electron chi connectivity index (χ3n) is 5.09. The van der Waals surface area contributed by atoms with Gasteiger partial charge in [0.25, 0.3) is 10.0 Å². The molecule has 0 atom stereocenters. The Balaban J connectivity index is 1.76. The van der Waals surface area contributed by atoms with Crippen LogP contribution in [0.4, 0.5) is 5.69 Å². The fourth-order valence-electron chi connectivity index (χ4n) is 3.61. The number of sulfonamides is 1. The van der Waals surface area contributed by atoms with Gasteiger partial charge < -0.3 is 9.51 Å². The summed E-state index contributed by atoms with van der Waals surface area (Å²) in [6.07, 6.45) is 3.43. The van der Waals surface area contributed by atoms with Gasteiger partial charge in [0.15, 0.2) is 4.90 Å². The molecular formula is C23H16ClN5O4S. The number of aromatic amines is 1. The molecule has 1 aromatic carbocycles. The van der Waals surface area contributed by atoms with E-state index >= 15 is 0 Å². The van der Waals surface area contributed by atoms with Crippen LogP contribution in [0.25, 0.3) is 33.4 Å². The molecule has 0 unspecified atom stereocenters. The standard InChI is InChI=1S/C23H16ClN5O4S/c1-13-7-15(8-20(24)27-13)17-9-18-22(30)19(34(31,32)29-16-10-26-33-12-16)11-25-23(18)28-21(17)14-5-3-2-4-6-14/h2-12,29H,1H3,(H,25,28,30). The van der Waals surface area contributed by atoms with Crippen LogP contribution >= 0.6 is 11.6 Å². The van der Waals surface area contributed by atoms with Gasteiger partial charge in [0.2, 0.25) is 5.43 Å². The molecule has 0 saturated heterocycles. The summed E-state index contributed by atoms with van der Waals surface area (Å²) in [5.41, 5.74) is 3.04. The number of hydrogen-bond acceptors (Lipinski definition) is 7. The van der Waals surface area contributed by atoms with Crippen molar-refractivity contribution >= 4 is 38.3 Å². The topological polar surface area (TPSA) is 131 Å². The quantitative estimate of drug-likeness (QED) is 0.347. The Morgan fingerprint density at radius 3 is 2.56 bits per heavy atom. The van der Waals surface area contributed by atoms with Gasteiger partial charge >= 0.3 is 0 Å². The highest BCUT2D eigenvalue weighted by atomic mass is 35.5. The molecular weight excluding hydrogens is 478 g/mol. The first-order valence-corrected chi connectivity index (χ1v) is 11.9. The number of hydrogen-bond donors (Lipinski definition) is 2. The van der Waals surface area contributed by atoms with Gasteiger partial charge in [0, 0.05) is 23.0 Å². The maximum Gasteiger partial charge on any atom is 0.267 e. The largest absolute Gasteiger partial charge is 0.362 e. The number of halogens is 1. The van der Waals surface area contributed by atoms with E-state index in [1.165, 1.54) is 6.20 Å². The average molecular weight is 494 g/mol. The molecule has 0 amide bonds. The first kappa shape index (κ1) is 21.8. The fraction of sp³-hybridized carbons (Fsp3) is 0.0435. The van der Waals surface area contributed by atoms with E-state index in [1.807, 2.05) is 36.4 Å². The lowest BCUT2D eigenvalue weighted by atomic mass is 9.98. The van der Waals surface area contributed by atoms with Gasteiger partial charge in [-0.25, -0.2) is 18.4 Å². The minimum absolute atomic E-state index is 0.0969. The summed E-state index contributed by atoms with van der Waals surface area (Å²) in [7, 11) is -4.21. The van der Waals surface area contributed by atoms with Crippen LogP contribution in [0.2, 0.25) is 5.15 Å². The Morgan fingerprint density at radius 1 is 1.06 bits per heavy atom. The summed E-state index contributed by atoms with van der Waals surface area (Å²) >= 11 is 6.20. The lowest BCUT2D eigenvalue weighted by Gasteiger charge is -2.13. The second-order valence-corrected chi connectivity index (χ2v) is 9.51. The number of aromatic nitrogens is 4. The molecule has 170 valence electrons. The van der Waals surface area contributed by atoms with Gasteiger partial charge in [0.1, 0.15) is 22.8 Å². The third-order valence-corrected chi connectivity index (χ3v) is 6.67. The summed E-state index contributed by atoms with van der Waals surface area (Å²) in [4.78, 5) is 24.6. The average Bonchev–Trinajstić information content (AvgIpc) is 3.30. The number of anilines is 1. The first-order valence-electron chi connectivity index (χ1n) is 10.0. The molecule has 0 radical (unpaired) electrons. The minimum Gasteiger partial charge on any atom is -0.362 e. The molecule has 9 nitrogen and oxygen atoms in total. The molecule has 4 aromatic heterocycles. The molecule has 0 aliphatic heterocycles. The van der Waals surface area contributed by atoms with E-state index in [0.29, 0.717) is 22.5 Å². The molecule has 4 heterocycles. The van der Waals surface area contributed by atoms with Gasteiger partial charge in [-0.3, -0.25) is 9.52 Å². The van der Waals surface area contributed by atoms with Crippen molar-refractivity contribution in [3.63, 3.8) is 0 Å². The Hall–Kier alpha value is -4.02. The zero-order valence-corrected chi connectivity index (χ0v) is 19.2. The van der Waals surface area contributed by atoms with Crippen LogP contribution in [0.15, 0.2) is 81.4 Å². The van der Waals surface area contributed by atoms with Gasteiger partial charge in [-0.05, 0) is 30.7 Å². The number of rotatable bonds is 5. The monoisotopic (exact) mass is 493 g/mol. The zero-order chi connectivity index (χ0) is 23.9. The molecule has 0 spiro atoms. The summed E-state index contributed by atoms with van der Waals surface area (Å²) < 4.78 is 32.6. The Kier molecular flexibility index (Phi) is 5.39. The smallest absolute Gasteiger partial charge is 0.267 e. The van der Waals surface area contributed by atoms with Crippen LogP contribution in [-0.2, 0) is 10.0 Å². The highest BCUT2D eigenvalue weighted by Gasteiger charge is 2.23. The third kappa shape index (κ3) is 4.04. The molecule has 0 aliphatic rings. The number of benzene rings is 1. The number of pyridine rings is 3. The van der Waals surface area contributed by atoms with Crippen molar-refractivity contribution in [1.29, 1.82) is 0 Å². The molecule has 0 saturated carbocycles. The van der Waals surface area contributed by atoms with Crippen molar-refractivity contribution in [1.82, 2.24) is 20.1 Å². The molecule has 2 N–H and O–H groups in total. The van der Waals surface area contributed by atoms with Crippen molar-refractivity contribution in [2.24, 2.45) is 0 Å². The van der Waals surface area contributed by atoms with Crippen LogP contribution in [0.1, 0.15) is 5.69 Å². The Morgan fingerprint density at radius 2 is 1.85 bits per heavy atom. The molecule has 0 aliphatic carbocycles. The number of nitrogens with zero attached hydrogens (tertiary/aromatic N) is 3. The molecule has 5 rings (SSSR count). The molecule has 11 heteroatoms. The van der Waals surface area contributed by atoms with E-state index in [0.717, 1.165) is 18.0 Å². The lowest BCUT2D eigenvalue weighted by Crippen LogP contribution is -2.22. The van der Waals surface area contributed by atoms with Crippen molar-refractivity contribution in [3.8, 4) is 22.4 Å². The summed E-state index contributed by atoms with van der Waals surface area (Å²) in [5.74, 6) is 0. The molecule has 0 bridgehead atoms. The van der Waals surface area contributed by atoms with Crippen molar-refractivity contribution in [2.45, 2.75) is 11.8 Å². The van der Waals surface area contributed by atoms with Gasteiger partial charge in [-0.2, -0.15) is 0 Å². The van der Waals surface area contributed by atoms with E-state index in [2.05, 4.69) is 29.4 Å². The SMILES string of the molecule is Cc1cc(-c2cc3c(=O)c(S(=O)(=O)Nc4cnoc4)c[nH]c3nc2-c2ccccc2)cc(Cl)n1.